The van der Waals surface area contributed by atoms with Crippen molar-refractivity contribution in [2.24, 2.45) is 0 Å². The third-order valence-electron chi connectivity index (χ3n) is 0.981. The van der Waals surface area contributed by atoms with Crippen LogP contribution >= 0.6 is 20.0 Å². The molecular formula is C6H14ClO5P. The van der Waals surface area contributed by atoms with E-state index >= 15 is 0 Å². The van der Waals surface area contributed by atoms with E-state index in [1.807, 2.05) is 0 Å². The van der Waals surface area contributed by atoms with Gasteiger partial charge in [0.15, 0.2) is 0 Å². The zero-order valence-corrected chi connectivity index (χ0v) is 9.27. The van der Waals surface area contributed by atoms with Gasteiger partial charge in [-0.3, -0.25) is 9.36 Å². The molecule has 0 fully saturated rings. The molecular weight excluding hydrogens is 218 g/mol. The van der Waals surface area contributed by atoms with Crippen LogP contribution in [-0.4, -0.2) is 30.5 Å². The van der Waals surface area contributed by atoms with Crippen LogP contribution in [0.15, 0.2) is 0 Å². The predicted molar refractivity (Wildman–Crippen MR) is 50.6 cm³/mol. The summed E-state index contributed by atoms with van der Waals surface area (Å²) in [5.74, 6) is -1.18. The van der Waals surface area contributed by atoms with Gasteiger partial charge in [-0.1, -0.05) is 0 Å². The van der Waals surface area contributed by atoms with E-state index in [-0.39, 0.29) is 25.6 Å². The molecule has 0 atom stereocenters. The molecule has 7 heteroatoms. The first-order valence-corrected chi connectivity index (χ1v) is 5.36. The largest absolute Gasteiger partial charge is 0.481 e. The Morgan fingerprint density at radius 1 is 1.31 bits per heavy atom. The maximum Gasteiger partial charge on any atom is 0.341 e. The fourth-order valence-electron chi connectivity index (χ4n) is 0.688. The minimum absolute atomic E-state index is 0. The number of carbonyl (C=O) groups is 1. The molecule has 0 unspecified atom stereocenters. The Morgan fingerprint density at radius 3 is 1.92 bits per heavy atom. The van der Waals surface area contributed by atoms with Crippen LogP contribution < -0.4 is 0 Å². The minimum Gasteiger partial charge on any atom is -0.481 e. The van der Waals surface area contributed by atoms with E-state index in [0.29, 0.717) is 0 Å². The standard InChI is InChI=1S/C6H13O5P.ClH/c1-3-10-12(9,11-4-2)5-6(7)8;/h3-5H2,1-2H3,(H,7,8);1H. The lowest BCUT2D eigenvalue weighted by Crippen LogP contribution is -2.08. The summed E-state index contributed by atoms with van der Waals surface area (Å²) in [6, 6.07) is 0. The molecule has 13 heavy (non-hydrogen) atoms. The summed E-state index contributed by atoms with van der Waals surface area (Å²) in [6.07, 6.45) is -0.575. The lowest BCUT2D eigenvalue weighted by atomic mass is 10.8. The maximum absolute atomic E-state index is 11.4. The van der Waals surface area contributed by atoms with Gasteiger partial charge >= 0.3 is 13.6 Å². The van der Waals surface area contributed by atoms with E-state index in [4.69, 9.17) is 14.2 Å². The summed E-state index contributed by atoms with van der Waals surface area (Å²) in [7, 11) is -3.38. The van der Waals surface area contributed by atoms with Gasteiger partial charge in [-0.15, -0.1) is 12.4 Å². The zero-order valence-electron chi connectivity index (χ0n) is 7.56. The topological polar surface area (TPSA) is 72.8 Å². The average molecular weight is 233 g/mol. The van der Waals surface area contributed by atoms with Crippen LogP contribution in [0, 0.1) is 0 Å². The zero-order chi connectivity index (χ0) is 9.61. The number of hydrogen-bond donors (Lipinski definition) is 1. The van der Waals surface area contributed by atoms with Crippen LogP contribution in [0.1, 0.15) is 13.8 Å². The maximum atomic E-state index is 11.4. The van der Waals surface area contributed by atoms with Gasteiger partial charge in [0.25, 0.3) is 0 Å². The smallest absolute Gasteiger partial charge is 0.341 e. The van der Waals surface area contributed by atoms with Crippen LogP contribution in [0.3, 0.4) is 0 Å². The molecule has 0 aliphatic rings. The number of rotatable bonds is 6. The van der Waals surface area contributed by atoms with E-state index in [2.05, 4.69) is 0 Å². The van der Waals surface area contributed by atoms with Gasteiger partial charge in [-0.2, -0.15) is 0 Å². The Balaban J connectivity index is 0. The Bertz CT molecular complexity index is 185. The molecule has 0 saturated heterocycles. The summed E-state index contributed by atoms with van der Waals surface area (Å²) < 4.78 is 20.9. The number of halogens is 1. The Morgan fingerprint density at radius 2 is 1.69 bits per heavy atom. The number of carboxylic acid groups (broad SMARTS) is 1. The van der Waals surface area contributed by atoms with Gasteiger partial charge in [0.05, 0.1) is 13.2 Å². The number of aliphatic carboxylic acids is 1. The van der Waals surface area contributed by atoms with Crippen molar-refractivity contribution in [1.29, 1.82) is 0 Å². The molecule has 0 aromatic heterocycles. The molecule has 80 valence electrons. The second-order valence-corrected chi connectivity index (χ2v) is 4.05. The quantitative estimate of drug-likeness (QED) is 0.707. The number of carboxylic acids is 1. The molecule has 1 N–H and O–H groups in total. The minimum atomic E-state index is -3.38. The first-order valence-electron chi connectivity index (χ1n) is 3.64. The molecule has 0 bridgehead atoms. The van der Waals surface area contributed by atoms with Crippen molar-refractivity contribution in [2.75, 3.05) is 19.4 Å². The van der Waals surface area contributed by atoms with Crippen molar-refractivity contribution >= 4 is 26.0 Å². The van der Waals surface area contributed by atoms with Crippen molar-refractivity contribution in [3.8, 4) is 0 Å². The normalized spacial score (nSPS) is 10.6. The van der Waals surface area contributed by atoms with Crippen molar-refractivity contribution in [3.63, 3.8) is 0 Å². The van der Waals surface area contributed by atoms with Crippen molar-refractivity contribution in [2.45, 2.75) is 13.8 Å². The van der Waals surface area contributed by atoms with Crippen molar-refractivity contribution in [3.05, 3.63) is 0 Å². The highest BCUT2D eigenvalue weighted by atomic mass is 35.5. The average Bonchev–Trinajstić information content (AvgIpc) is 1.85. The van der Waals surface area contributed by atoms with Gasteiger partial charge in [0.1, 0.15) is 6.16 Å². The molecule has 0 aromatic carbocycles. The van der Waals surface area contributed by atoms with Gasteiger partial charge in [-0.25, -0.2) is 0 Å². The van der Waals surface area contributed by atoms with Crippen LogP contribution in [0.4, 0.5) is 0 Å². The summed E-state index contributed by atoms with van der Waals surface area (Å²) in [5, 5.41) is 8.37. The molecule has 5 nitrogen and oxygen atoms in total. The molecule has 0 amide bonds. The van der Waals surface area contributed by atoms with Crippen LogP contribution in [-0.2, 0) is 18.4 Å². The highest BCUT2D eigenvalue weighted by Gasteiger charge is 2.26. The Hall–Kier alpha value is -0.0900. The van der Waals surface area contributed by atoms with Gasteiger partial charge < -0.3 is 14.2 Å². The molecule has 0 heterocycles. The molecule has 0 spiro atoms. The van der Waals surface area contributed by atoms with E-state index < -0.39 is 19.7 Å². The molecule has 0 aromatic rings. The fourth-order valence-corrected chi connectivity index (χ4v) is 2.06. The fraction of sp³-hybridized carbons (Fsp3) is 0.833. The van der Waals surface area contributed by atoms with E-state index in [9.17, 15) is 9.36 Å². The first kappa shape index (κ1) is 15.4. The van der Waals surface area contributed by atoms with Gasteiger partial charge in [-0.05, 0) is 13.8 Å². The molecule has 0 radical (unpaired) electrons. The lowest BCUT2D eigenvalue weighted by molar-refractivity contribution is -0.134. The second-order valence-electron chi connectivity index (χ2n) is 2.00. The third-order valence-corrected chi connectivity index (χ3v) is 2.94. The Kier molecular flexibility index (Phi) is 8.67. The van der Waals surface area contributed by atoms with Crippen molar-refractivity contribution in [1.82, 2.24) is 0 Å². The molecule has 0 aliphatic carbocycles. The van der Waals surface area contributed by atoms with E-state index in [1.165, 1.54) is 0 Å². The van der Waals surface area contributed by atoms with E-state index in [0.717, 1.165) is 0 Å². The highest BCUT2D eigenvalue weighted by molar-refractivity contribution is 7.54. The molecule has 0 saturated carbocycles. The summed E-state index contributed by atoms with van der Waals surface area (Å²) in [6.45, 7) is 3.64. The first-order chi connectivity index (χ1) is 5.54. The summed E-state index contributed by atoms with van der Waals surface area (Å²) in [5.41, 5.74) is 0. The predicted octanol–water partition coefficient (Wildman–Crippen LogP) is 1.76. The van der Waals surface area contributed by atoms with Crippen LogP contribution in [0.2, 0.25) is 0 Å². The SMILES string of the molecule is CCOP(=O)(CC(=O)O)OCC.Cl. The molecule has 0 aliphatic heterocycles. The van der Waals surface area contributed by atoms with Gasteiger partial charge in [0, 0.05) is 0 Å². The Labute approximate surface area is 83.4 Å². The summed E-state index contributed by atoms with van der Waals surface area (Å²) in [4.78, 5) is 10.2. The van der Waals surface area contributed by atoms with Crippen LogP contribution in [0.25, 0.3) is 0 Å². The monoisotopic (exact) mass is 232 g/mol. The number of hydrogen-bond acceptors (Lipinski definition) is 4. The van der Waals surface area contributed by atoms with E-state index in [1.54, 1.807) is 13.8 Å². The van der Waals surface area contributed by atoms with Crippen LogP contribution in [0.5, 0.6) is 0 Å². The second kappa shape index (κ2) is 7.33. The highest BCUT2D eigenvalue weighted by Crippen LogP contribution is 2.47. The van der Waals surface area contributed by atoms with Crippen molar-refractivity contribution < 1.29 is 23.5 Å². The lowest BCUT2D eigenvalue weighted by Gasteiger charge is -2.14. The third kappa shape index (κ3) is 7.02. The molecule has 0 rings (SSSR count). The summed E-state index contributed by atoms with van der Waals surface area (Å²) >= 11 is 0. The van der Waals surface area contributed by atoms with Gasteiger partial charge in [0.2, 0.25) is 0 Å².